The van der Waals surface area contributed by atoms with Crippen LogP contribution in [-0.2, 0) is 11.2 Å². The third-order valence-electron chi connectivity index (χ3n) is 4.55. The molecule has 7 nitrogen and oxygen atoms in total. The zero-order valence-corrected chi connectivity index (χ0v) is 16.8. The number of aromatic amines is 2. The number of thioether (sulfide) groups is 1. The van der Waals surface area contributed by atoms with Crippen molar-refractivity contribution in [2.75, 3.05) is 19.4 Å². The summed E-state index contributed by atoms with van der Waals surface area (Å²) in [5, 5.41) is 11.8. The first-order valence-electron chi connectivity index (χ1n) is 9.24. The Kier molecular flexibility index (Phi) is 5.81. The van der Waals surface area contributed by atoms with E-state index in [1.54, 1.807) is 7.11 Å². The lowest BCUT2D eigenvalue weighted by molar-refractivity contribution is -0.118. The van der Waals surface area contributed by atoms with Gasteiger partial charge in [-0.2, -0.15) is 0 Å². The molecule has 0 bridgehead atoms. The lowest BCUT2D eigenvalue weighted by atomic mass is 10.1. The smallest absolute Gasteiger partial charge is 0.230 e. The Balaban J connectivity index is 1.25. The van der Waals surface area contributed by atoms with Crippen LogP contribution in [0.5, 0.6) is 5.75 Å². The highest BCUT2D eigenvalue weighted by Gasteiger charge is 2.10. The van der Waals surface area contributed by atoms with Gasteiger partial charge in [0.15, 0.2) is 5.82 Å². The van der Waals surface area contributed by atoms with E-state index in [1.165, 1.54) is 22.7 Å². The number of para-hydroxylation sites is 1. The molecule has 0 unspecified atom stereocenters. The minimum atomic E-state index is -0.0364. The molecule has 0 aliphatic rings. The maximum Gasteiger partial charge on any atom is 0.230 e. The third-order valence-corrected chi connectivity index (χ3v) is 5.40. The normalized spacial score (nSPS) is 10.9. The van der Waals surface area contributed by atoms with Gasteiger partial charge in [0, 0.05) is 29.2 Å². The van der Waals surface area contributed by atoms with Gasteiger partial charge in [-0.25, -0.2) is 4.98 Å². The number of aromatic nitrogens is 4. The molecule has 8 heteroatoms. The van der Waals surface area contributed by atoms with Crippen molar-refractivity contribution in [1.82, 2.24) is 25.5 Å². The predicted molar refractivity (Wildman–Crippen MR) is 114 cm³/mol. The Bertz CT molecular complexity index is 1100. The Hall–Kier alpha value is -3.26. The molecule has 2 aromatic carbocycles. The van der Waals surface area contributed by atoms with Gasteiger partial charge in [0.05, 0.1) is 12.9 Å². The standard InChI is InChI=1S/C21H21N5O2S/c1-28-16-8-6-14(7-9-16)20-24-21(26-25-20)29-13-19(27)22-11-10-15-12-23-18-5-3-2-4-17(15)18/h2-9,12,23H,10-11,13H2,1H3,(H,22,27)(H,24,25,26). The van der Waals surface area contributed by atoms with Crippen LogP contribution in [0.15, 0.2) is 59.9 Å². The molecule has 0 spiro atoms. The molecule has 0 aliphatic carbocycles. The number of nitrogens with one attached hydrogen (secondary N) is 3. The summed E-state index contributed by atoms with van der Waals surface area (Å²) in [6.45, 7) is 0.590. The number of hydrogen-bond donors (Lipinski definition) is 3. The highest BCUT2D eigenvalue weighted by molar-refractivity contribution is 7.99. The fourth-order valence-corrected chi connectivity index (χ4v) is 3.67. The highest BCUT2D eigenvalue weighted by atomic mass is 32.2. The molecule has 0 fully saturated rings. The van der Waals surface area contributed by atoms with E-state index in [0.29, 0.717) is 17.5 Å². The zero-order valence-electron chi connectivity index (χ0n) is 15.9. The number of ether oxygens (including phenoxy) is 1. The Labute approximate surface area is 172 Å². The van der Waals surface area contributed by atoms with Gasteiger partial charge in [-0.1, -0.05) is 30.0 Å². The second-order valence-electron chi connectivity index (χ2n) is 6.44. The highest BCUT2D eigenvalue weighted by Crippen LogP contribution is 2.21. The monoisotopic (exact) mass is 407 g/mol. The molecule has 0 aliphatic heterocycles. The molecule has 0 radical (unpaired) electrons. The number of rotatable bonds is 8. The van der Waals surface area contributed by atoms with E-state index >= 15 is 0 Å². The number of hydrogen-bond acceptors (Lipinski definition) is 5. The fourth-order valence-electron chi connectivity index (χ4n) is 3.05. The summed E-state index contributed by atoms with van der Waals surface area (Å²) in [6, 6.07) is 15.7. The van der Waals surface area contributed by atoms with E-state index in [9.17, 15) is 4.79 Å². The topological polar surface area (TPSA) is 95.7 Å². The zero-order chi connectivity index (χ0) is 20.1. The van der Waals surface area contributed by atoms with Gasteiger partial charge in [0.1, 0.15) is 5.75 Å². The van der Waals surface area contributed by atoms with Crippen LogP contribution in [0.3, 0.4) is 0 Å². The van der Waals surface area contributed by atoms with Crippen molar-refractivity contribution in [2.24, 2.45) is 0 Å². The van der Waals surface area contributed by atoms with Crippen molar-refractivity contribution in [2.45, 2.75) is 11.6 Å². The van der Waals surface area contributed by atoms with Crippen LogP contribution in [0.4, 0.5) is 0 Å². The molecule has 0 saturated carbocycles. The first-order chi connectivity index (χ1) is 14.2. The quantitative estimate of drug-likeness (QED) is 0.389. The number of nitrogens with zero attached hydrogens (tertiary/aromatic N) is 2. The molecule has 4 rings (SSSR count). The first kappa shape index (κ1) is 19.1. The fraction of sp³-hybridized carbons (Fsp3) is 0.190. The molecular weight excluding hydrogens is 386 g/mol. The summed E-state index contributed by atoms with van der Waals surface area (Å²) >= 11 is 1.31. The van der Waals surface area contributed by atoms with Crippen molar-refractivity contribution in [3.8, 4) is 17.1 Å². The van der Waals surface area contributed by atoms with Crippen molar-refractivity contribution >= 4 is 28.6 Å². The van der Waals surface area contributed by atoms with Gasteiger partial charge in [0.25, 0.3) is 0 Å². The maximum atomic E-state index is 12.1. The van der Waals surface area contributed by atoms with Crippen LogP contribution in [-0.4, -0.2) is 45.5 Å². The lowest BCUT2D eigenvalue weighted by Crippen LogP contribution is -2.27. The summed E-state index contributed by atoms with van der Waals surface area (Å²) in [5.41, 5.74) is 3.22. The van der Waals surface area contributed by atoms with Gasteiger partial charge in [0.2, 0.25) is 11.1 Å². The summed E-state index contributed by atoms with van der Waals surface area (Å²) in [4.78, 5) is 19.8. The Morgan fingerprint density at radius 3 is 2.83 bits per heavy atom. The molecule has 0 atom stereocenters. The second kappa shape index (κ2) is 8.83. The number of amides is 1. The Morgan fingerprint density at radius 2 is 2.00 bits per heavy atom. The van der Waals surface area contributed by atoms with Crippen molar-refractivity contribution in [1.29, 1.82) is 0 Å². The van der Waals surface area contributed by atoms with Crippen LogP contribution in [0.2, 0.25) is 0 Å². The predicted octanol–water partition coefficient (Wildman–Crippen LogP) is 3.41. The van der Waals surface area contributed by atoms with E-state index in [1.807, 2.05) is 48.7 Å². The number of H-pyrrole nitrogens is 2. The van der Waals surface area contributed by atoms with Crippen LogP contribution in [0, 0.1) is 0 Å². The second-order valence-corrected chi connectivity index (χ2v) is 7.39. The molecule has 148 valence electrons. The van der Waals surface area contributed by atoms with Gasteiger partial charge in [-0.05, 0) is 42.3 Å². The average Bonchev–Trinajstić information content (AvgIpc) is 3.40. The Morgan fingerprint density at radius 1 is 1.17 bits per heavy atom. The minimum Gasteiger partial charge on any atom is -0.497 e. The third kappa shape index (κ3) is 4.60. The average molecular weight is 407 g/mol. The van der Waals surface area contributed by atoms with E-state index in [0.717, 1.165) is 23.3 Å². The van der Waals surface area contributed by atoms with E-state index in [2.05, 4.69) is 31.5 Å². The molecule has 2 aromatic heterocycles. The van der Waals surface area contributed by atoms with Gasteiger partial charge in [-0.15, -0.1) is 5.10 Å². The van der Waals surface area contributed by atoms with E-state index < -0.39 is 0 Å². The largest absolute Gasteiger partial charge is 0.497 e. The molecule has 3 N–H and O–H groups in total. The number of fused-ring (bicyclic) bond motifs is 1. The van der Waals surface area contributed by atoms with Crippen LogP contribution < -0.4 is 10.1 Å². The number of carbonyl (C=O) groups excluding carboxylic acids is 1. The molecule has 2 heterocycles. The van der Waals surface area contributed by atoms with Crippen LogP contribution in [0.1, 0.15) is 5.56 Å². The SMILES string of the molecule is COc1ccc(-c2nc(SCC(=O)NCCc3c[nH]c4ccccc34)n[nH]2)cc1. The van der Waals surface area contributed by atoms with Crippen LogP contribution in [0.25, 0.3) is 22.3 Å². The summed E-state index contributed by atoms with van der Waals surface area (Å²) in [6.07, 6.45) is 2.78. The van der Waals surface area contributed by atoms with E-state index in [-0.39, 0.29) is 11.7 Å². The lowest BCUT2D eigenvalue weighted by Gasteiger charge is -2.03. The van der Waals surface area contributed by atoms with Crippen molar-refractivity contribution in [3.05, 3.63) is 60.3 Å². The van der Waals surface area contributed by atoms with Crippen molar-refractivity contribution < 1.29 is 9.53 Å². The summed E-state index contributed by atoms with van der Waals surface area (Å²) < 4.78 is 5.16. The first-order valence-corrected chi connectivity index (χ1v) is 10.2. The van der Waals surface area contributed by atoms with Gasteiger partial charge >= 0.3 is 0 Å². The number of methoxy groups -OCH3 is 1. The maximum absolute atomic E-state index is 12.1. The van der Waals surface area contributed by atoms with E-state index in [4.69, 9.17) is 4.74 Å². The molecular formula is C21H21N5O2S. The van der Waals surface area contributed by atoms with Gasteiger partial charge in [-0.3, -0.25) is 9.89 Å². The summed E-state index contributed by atoms with van der Waals surface area (Å²) in [5.74, 6) is 1.68. The van der Waals surface area contributed by atoms with Crippen LogP contribution >= 0.6 is 11.8 Å². The van der Waals surface area contributed by atoms with Crippen molar-refractivity contribution in [3.63, 3.8) is 0 Å². The summed E-state index contributed by atoms with van der Waals surface area (Å²) in [7, 11) is 1.63. The molecule has 1 amide bonds. The number of carbonyl (C=O) groups is 1. The molecule has 4 aromatic rings. The van der Waals surface area contributed by atoms with Gasteiger partial charge < -0.3 is 15.0 Å². The minimum absolute atomic E-state index is 0.0364. The number of benzene rings is 2. The molecule has 0 saturated heterocycles. The molecule has 29 heavy (non-hydrogen) atoms.